The van der Waals surface area contributed by atoms with Gasteiger partial charge >= 0.3 is 5.97 Å². The number of carbonyl (C=O) groups is 2. The molecule has 22 heavy (non-hydrogen) atoms. The van der Waals surface area contributed by atoms with Crippen LogP contribution in [-0.4, -0.2) is 55.6 Å². The van der Waals surface area contributed by atoms with Crippen molar-refractivity contribution < 1.29 is 23.8 Å². The van der Waals surface area contributed by atoms with E-state index in [1.807, 2.05) is 11.8 Å². The molecule has 1 fully saturated rings. The summed E-state index contributed by atoms with van der Waals surface area (Å²) < 4.78 is 15.6. The van der Waals surface area contributed by atoms with Crippen molar-refractivity contribution >= 4 is 23.6 Å². The molecule has 0 saturated carbocycles. The van der Waals surface area contributed by atoms with Gasteiger partial charge in [0.25, 0.3) is 5.91 Å². The lowest BCUT2D eigenvalue weighted by molar-refractivity contribution is -0.132. The molecule has 1 heterocycles. The Bertz CT molecular complexity index is 544. The molecule has 7 heteroatoms. The highest BCUT2D eigenvalue weighted by Gasteiger charge is 2.23. The molecule has 0 atom stereocenters. The van der Waals surface area contributed by atoms with E-state index < -0.39 is 5.97 Å². The van der Waals surface area contributed by atoms with E-state index in [9.17, 15) is 9.59 Å². The normalized spacial score (nSPS) is 14.4. The second-order valence-corrected chi connectivity index (χ2v) is 5.93. The van der Waals surface area contributed by atoms with Gasteiger partial charge in [-0.25, -0.2) is 0 Å². The molecule has 1 saturated heterocycles. The molecule has 0 bridgehead atoms. The van der Waals surface area contributed by atoms with E-state index in [1.54, 1.807) is 17.0 Å². The van der Waals surface area contributed by atoms with Crippen molar-refractivity contribution in [2.45, 2.75) is 6.92 Å². The lowest BCUT2D eigenvalue weighted by Crippen LogP contribution is -2.37. The molecule has 0 aliphatic carbocycles. The maximum absolute atomic E-state index is 12.6. The maximum atomic E-state index is 12.6. The third-order valence-electron chi connectivity index (χ3n) is 3.25. The molecule has 6 nitrogen and oxygen atoms in total. The first-order valence-corrected chi connectivity index (χ1v) is 8.03. The quantitative estimate of drug-likeness (QED) is 0.621. The van der Waals surface area contributed by atoms with E-state index in [2.05, 4.69) is 0 Å². The fraction of sp³-hybridized carbons (Fsp3) is 0.467. The summed E-state index contributed by atoms with van der Waals surface area (Å²) in [6.07, 6.45) is 0. The van der Waals surface area contributed by atoms with Gasteiger partial charge in [-0.2, -0.15) is 11.8 Å². The van der Waals surface area contributed by atoms with Gasteiger partial charge in [0, 0.05) is 37.1 Å². The monoisotopic (exact) mass is 325 g/mol. The Morgan fingerprint density at radius 1 is 1.09 bits per heavy atom. The number of thioether (sulfide) groups is 1. The Morgan fingerprint density at radius 2 is 1.64 bits per heavy atom. The average molecular weight is 325 g/mol. The number of hydrogen-bond donors (Lipinski definition) is 0. The molecule has 0 spiro atoms. The second kappa shape index (κ2) is 7.40. The highest BCUT2D eigenvalue weighted by molar-refractivity contribution is 7.99. The van der Waals surface area contributed by atoms with Gasteiger partial charge in [-0.05, 0) is 12.1 Å². The van der Waals surface area contributed by atoms with Crippen LogP contribution < -0.4 is 14.2 Å². The molecule has 0 N–H and O–H groups in total. The molecule has 1 aliphatic rings. The Balaban J connectivity index is 2.36. The fourth-order valence-electron chi connectivity index (χ4n) is 2.20. The van der Waals surface area contributed by atoms with E-state index in [0.717, 1.165) is 24.6 Å². The van der Waals surface area contributed by atoms with Gasteiger partial charge in [0.15, 0.2) is 11.5 Å². The molecule has 0 unspecified atom stereocenters. The molecule has 0 radical (unpaired) electrons. The Kier molecular flexibility index (Phi) is 5.54. The number of esters is 1. The van der Waals surface area contributed by atoms with Gasteiger partial charge in [-0.1, -0.05) is 0 Å². The zero-order valence-electron chi connectivity index (χ0n) is 12.9. The van der Waals surface area contributed by atoms with Gasteiger partial charge in [0.05, 0.1) is 14.2 Å². The molecule has 1 aromatic carbocycles. The highest BCUT2D eigenvalue weighted by atomic mass is 32.2. The van der Waals surface area contributed by atoms with Crippen LogP contribution in [0.25, 0.3) is 0 Å². The van der Waals surface area contributed by atoms with Crippen LogP contribution in [0.15, 0.2) is 12.1 Å². The molecule has 0 aromatic heterocycles. The first-order valence-electron chi connectivity index (χ1n) is 6.88. The fourth-order valence-corrected chi connectivity index (χ4v) is 3.10. The third-order valence-corrected chi connectivity index (χ3v) is 4.19. The number of hydrogen-bond acceptors (Lipinski definition) is 6. The van der Waals surface area contributed by atoms with E-state index in [0.29, 0.717) is 17.1 Å². The molecular weight excluding hydrogens is 306 g/mol. The number of amides is 1. The lowest BCUT2D eigenvalue weighted by Gasteiger charge is -2.27. The SMILES string of the molecule is COc1cc(C(=O)N2CCSCC2)cc(OC)c1OC(C)=O. The molecule has 1 aromatic rings. The van der Waals surface area contributed by atoms with Crippen molar-refractivity contribution in [3.8, 4) is 17.2 Å². The number of rotatable bonds is 4. The third kappa shape index (κ3) is 3.65. The summed E-state index contributed by atoms with van der Waals surface area (Å²) in [7, 11) is 2.90. The van der Waals surface area contributed by atoms with Crippen molar-refractivity contribution in [1.82, 2.24) is 4.90 Å². The largest absolute Gasteiger partial charge is 0.493 e. The molecule has 1 amide bonds. The summed E-state index contributed by atoms with van der Waals surface area (Å²) in [6, 6.07) is 3.15. The predicted molar refractivity (Wildman–Crippen MR) is 84.1 cm³/mol. The van der Waals surface area contributed by atoms with Crippen LogP contribution >= 0.6 is 11.8 Å². The van der Waals surface area contributed by atoms with Gasteiger partial charge < -0.3 is 19.1 Å². The van der Waals surface area contributed by atoms with Crippen LogP contribution in [0.3, 0.4) is 0 Å². The average Bonchev–Trinajstić information content (AvgIpc) is 2.54. The first-order chi connectivity index (χ1) is 10.6. The number of carbonyl (C=O) groups excluding carboxylic acids is 2. The summed E-state index contributed by atoms with van der Waals surface area (Å²) in [5.41, 5.74) is 0.455. The van der Waals surface area contributed by atoms with Gasteiger partial charge in [0.2, 0.25) is 5.75 Å². The molecule has 1 aliphatic heterocycles. The van der Waals surface area contributed by atoms with Crippen LogP contribution in [0.2, 0.25) is 0 Å². The highest BCUT2D eigenvalue weighted by Crippen LogP contribution is 2.39. The number of ether oxygens (including phenoxy) is 3. The standard InChI is InChI=1S/C15H19NO5S/c1-10(17)21-14-12(19-2)8-11(9-13(14)20-3)15(18)16-4-6-22-7-5-16/h8-9H,4-7H2,1-3H3. The summed E-state index contributed by atoms with van der Waals surface area (Å²) in [5, 5.41) is 0. The zero-order chi connectivity index (χ0) is 16.1. The second-order valence-electron chi connectivity index (χ2n) is 4.71. The molecular formula is C15H19NO5S. The van der Waals surface area contributed by atoms with Gasteiger partial charge in [-0.3, -0.25) is 9.59 Å². The maximum Gasteiger partial charge on any atom is 0.308 e. The van der Waals surface area contributed by atoms with E-state index in [-0.39, 0.29) is 11.7 Å². The topological polar surface area (TPSA) is 65.1 Å². The summed E-state index contributed by atoms with van der Waals surface area (Å²) in [4.78, 5) is 25.6. The van der Waals surface area contributed by atoms with Crippen molar-refractivity contribution in [2.75, 3.05) is 38.8 Å². The minimum Gasteiger partial charge on any atom is -0.493 e. The summed E-state index contributed by atoms with van der Waals surface area (Å²) >= 11 is 1.84. The van der Waals surface area contributed by atoms with E-state index in [1.165, 1.54) is 21.1 Å². The molecule has 120 valence electrons. The van der Waals surface area contributed by atoms with Gasteiger partial charge in [0.1, 0.15) is 0 Å². The summed E-state index contributed by atoms with van der Waals surface area (Å²) in [6.45, 7) is 2.74. The van der Waals surface area contributed by atoms with Crippen molar-refractivity contribution in [2.24, 2.45) is 0 Å². The van der Waals surface area contributed by atoms with Crippen LogP contribution in [0.4, 0.5) is 0 Å². The zero-order valence-corrected chi connectivity index (χ0v) is 13.7. The number of benzene rings is 1. The Morgan fingerprint density at radius 3 is 2.09 bits per heavy atom. The Hall–Kier alpha value is -1.89. The predicted octanol–water partition coefficient (Wildman–Crippen LogP) is 1.82. The van der Waals surface area contributed by atoms with E-state index in [4.69, 9.17) is 14.2 Å². The smallest absolute Gasteiger partial charge is 0.308 e. The lowest BCUT2D eigenvalue weighted by atomic mass is 10.1. The minimum atomic E-state index is -0.483. The Labute approximate surface area is 133 Å². The van der Waals surface area contributed by atoms with Crippen molar-refractivity contribution in [1.29, 1.82) is 0 Å². The van der Waals surface area contributed by atoms with E-state index >= 15 is 0 Å². The van der Waals surface area contributed by atoms with Crippen LogP contribution in [0, 0.1) is 0 Å². The van der Waals surface area contributed by atoms with Crippen LogP contribution in [0.5, 0.6) is 17.2 Å². The number of nitrogens with zero attached hydrogens (tertiary/aromatic N) is 1. The molecule has 2 rings (SSSR count). The minimum absolute atomic E-state index is 0.0775. The first kappa shape index (κ1) is 16.5. The van der Waals surface area contributed by atoms with Crippen molar-refractivity contribution in [3.05, 3.63) is 17.7 Å². The van der Waals surface area contributed by atoms with Crippen molar-refractivity contribution in [3.63, 3.8) is 0 Å². The summed E-state index contributed by atoms with van der Waals surface area (Å²) in [5.74, 6) is 2.09. The number of methoxy groups -OCH3 is 2. The van der Waals surface area contributed by atoms with Gasteiger partial charge in [-0.15, -0.1) is 0 Å². The van der Waals surface area contributed by atoms with Crippen LogP contribution in [0.1, 0.15) is 17.3 Å². The van der Waals surface area contributed by atoms with Crippen LogP contribution in [-0.2, 0) is 4.79 Å².